The zero-order chi connectivity index (χ0) is 14.3. The van der Waals surface area contributed by atoms with E-state index in [1.165, 1.54) is 43.3 Å². The van der Waals surface area contributed by atoms with Crippen molar-refractivity contribution in [1.29, 1.82) is 0 Å². The predicted octanol–water partition coefficient (Wildman–Crippen LogP) is 0.660. The molecule has 0 unspecified atom stereocenters. The van der Waals surface area contributed by atoms with Crippen molar-refractivity contribution in [3.05, 3.63) is 35.6 Å². The van der Waals surface area contributed by atoms with Crippen LogP contribution in [0.2, 0.25) is 0 Å². The first-order chi connectivity index (χ1) is 9.04. The molecule has 0 bridgehead atoms. The Balaban J connectivity index is 2.48. The topological polar surface area (TPSA) is 58.6 Å². The molecule has 2 amide bonds. The molecule has 0 saturated carbocycles. The van der Waals surface area contributed by atoms with Gasteiger partial charge in [-0.3, -0.25) is 9.59 Å². The first-order valence-corrected chi connectivity index (χ1v) is 5.81. The number of halogens is 1. The van der Waals surface area contributed by atoms with Gasteiger partial charge in [0, 0.05) is 26.3 Å². The number of likely N-dealkylation sites (N-methyl/N-ethyl adjacent to an activating group) is 1. The number of nitrogens with zero attached hydrogens (tertiary/aromatic N) is 1. The molecule has 0 saturated heterocycles. The molecule has 0 aromatic heterocycles. The first kappa shape index (κ1) is 15.1. The Hall–Kier alpha value is -1.95. The van der Waals surface area contributed by atoms with Crippen molar-refractivity contribution in [2.24, 2.45) is 0 Å². The molecule has 1 rings (SSSR count). The summed E-state index contributed by atoms with van der Waals surface area (Å²) < 4.78 is 17.5. The summed E-state index contributed by atoms with van der Waals surface area (Å²) in [5, 5.41) is 2.61. The van der Waals surface area contributed by atoms with E-state index < -0.39 is 5.82 Å². The molecule has 0 spiro atoms. The van der Waals surface area contributed by atoms with Crippen LogP contribution in [0.5, 0.6) is 0 Å². The SMILES string of the molecule is COCCNC(=O)CN(C)C(=O)c1ccc(F)cc1. The van der Waals surface area contributed by atoms with Gasteiger partial charge in [0.15, 0.2) is 0 Å². The van der Waals surface area contributed by atoms with Crippen molar-refractivity contribution in [3.63, 3.8) is 0 Å². The molecule has 0 fully saturated rings. The number of benzene rings is 1. The summed E-state index contributed by atoms with van der Waals surface area (Å²) >= 11 is 0. The van der Waals surface area contributed by atoms with Gasteiger partial charge in [0.05, 0.1) is 13.2 Å². The second-order valence-electron chi connectivity index (χ2n) is 4.01. The standard InChI is InChI=1S/C13H17FN2O3/c1-16(9-12(17)15-7-8-19-2)13(18)10-3-5-11(14)6-4-10/h3-6H,7-9H2,1-2H3,(H,15,17). The van der Waals surface area contributed by atoms with Gasteiger partial charge in [0.2, 0.25) is 5.91 Å². The van der Waals surface area contributed by atoms with E-state index in [9.17, 15) is 14.0 Å². The van der Waals surface area contributed by atoms with Crippen LogP contribution in [0.1, 0.15) is 10.4 Å². The molecule has 104 valence electrons. The van der Waals surface area contributed by atoms with E-state index in [4.69, 9.17) is 4.74 Å². The average molecular weight is 268 g/mol. The summed E-state index contributed by atoms with van der Waals surface area (Å²) in [6, 6.07) is 5.19. The molecule has 5 nitrogen and oxygen atoms in total. The lowest BCUT2D eigenvalue weighted by molar-refractivity contribution is -0.121. The van der Waals surface area contributed by atoms with Crippen LogP contribution >= 0.6 is 0 Å². The van der Waals surface area contributed by atoms with E-state index in [2.05, 4.69) is 5.32 Å². The summed E-state index contributed by atoms with van der Waals surface area (Å²) in [5.74, 6) is -1.01. The van der Waals surface area contributed by atoms with Crippen molar-refractivity contribution >= 4 is 11.8 Å². The van der Waals surface area contributed by atoms with Crippen LogP contribution in [0.3, 0.4) is 0 Å². The van der Waals surface area contributed by atoms with E-state index in [1.807, 2.05) is 0 Å². The zero-order valence-electron chi connectivity index (χ0n) is 11.0. The Bertz CT molecular complexity index is 434. The lowest BCUT2D eigenvalue weighted by Gasteiger charge is -2.16. The highest BCUT2D eigenvalue weighted by atomic mass is 19.1. The minimum atomic E-state index is -0.406. The molecule has 1 N–H and O–H groups in total. The lowest BCUT2D eigenvalue weighted by Crippen LogP contribution is -2.39. The number of methoxy groups -OCH3 is 1. The van der Waals surface area contributed by atoms with Gasteiger partial charge in [-0.05, 0) is 24.3 Å². The average Bonchev–Trinajstić information content (AvgIpc) is 2.39. The van der Waals surface area contributed by atoms with Gasteiger partial charge in [0.1, 0.15) is 5.82 Å². The third-order valence-corrected chi connectivity index (χ3v) is 2.45. The molecule has 0 heterocycles. The van der Waals surface area contributed by atoms with Crippen molar-refractivity contribution in [1.82, 2.24) is 10.2 Å². The van der Waals surface area contributed by atoms with E-state index in [1.54, 1.807) is 0 Å². The highest BCUT2D eigenvalue weighted by molar-refractivity contribution is 5.96. The van der Waals surface area contributed by atoms with Gasteiger partial charge in [-0.1, -0.05) is 0 Å². The number of hydrogen-bond acceptors (Lipinski definition) is 3. The summed E-state index contributed by atoms with van der Waals surface area (Å²) in [6.45, 7) is 0.759. The molecule has 0 aliphatic rings. The normalized spacial score (nSPS) is 10.1. The van der Waals surface area contributed by atoms with Crippen LogP contribution in [0.25, 0.3) is 0 Å². The fourth-order valence-corrected chi connectivity index (χ4v) is 1.45. The maximum atomic E-state index is 12.7. The summed E-state index contributed by atoms with van der Waals surface area (Å²) in [4.78, 5) is 24.7. The number of rotatable bonds is 6. The zero-order valence-corrected chi connectivity index (χ0v) is 11.0. The molecule has 6 heteroatoms. The van der Waals surface area contributed by atoms with Crippen molar-refractivity contribution < 1.29 is 18.7 Å². The molecule has 0 aliphatic heterocycles. The highest BCUT2D eigenvalue weighted by Crippen LogP contribution is 2.05. The van der Waals surface area contributed by atoms with Crippen LogP contribution in [0.4, 0.5) is 4.39 Å². The Morgan fingerprint density at radius 2 is 1.95 bits per heavy atom. The number of nitrogens with one attached hydrogen (secondary N) is 1. The van der Waals surface area contributed by atoms with Gasteiger partial charge in [-0.2, -0.15) is 0 Å². The molecular weight excluding hydrogens is 251 g/mol. The quantitative estimate of drug-likeness (QED) is 0.771. The first-order valence-electron chi connectivity index (χ1n) is 5.81. The van der Waals surface area contributed by atoms with E-state index >= 15 is 0 Å². The lowest BCUT2D eigenvalue weighted by atomic mass is 10.2. The maximum absolute atomic E-state index is 12.7. The Morgan fingerprint density at radius 1 is 1.32 bits per heavy atom. The van der Waals surface area contributed by atoms with Crippen LogP contribution < -0.4 is 5.32 Å². The second kappa shape index (κ2) is 7.48. The summed E-state index contributed by atoms with van der Waals surface area (Å²) in [5.41, 5.74) is 0.341. The van der Waals surface area contributed by atoms with Gasteiger partial charge < -0.3 is 15.0 Å². The Kier molecular flexibility index (Phi) is 5.95. The third kappa shape index (κ3) is 5.05. The number of carbonyl (C=O) groups excluding carboxylic acids is 2. The van der Waals surface area contributed by atoms with Crippen LogP contribution in [0.15, 0.2) is 24.3 Å². The Morgan fingerprint density at radius 3 is 2.53 bits per heavy atom. The third-order valence-electron chi connectivity index (χ3n) is 2.45. The second-order valence-corrected chi connectivity index (χ2v) is 4.01. The van der Waals surface area contributed by atoms with Gasteiger partial charge >= 0.3 is 0 Å². The summed E-state index contributed by atoms with van der Waals surface area (Å²) in [7, 11) is 3.05. The van der Waals surface area contributed by atoms with E-state index in [0.29, 0.717) is 18.7 Å². The minimum Gasteiger partial charge on any atom is -0.383 e. The van der Waals surface area contributed by atoms with Crippen LogP contribution in [-0.4, -0.2) is 50.6 Å². The van der Waals surface area contributed by atoms with Crippen molar-refractivity contribution in [3.8, 4) is 0 Å². The molecule has 0 aliphatic carbocycles. The Labute approximate surface area is 111 Å². The van der Waals surface area contributed by atoms with E-state index in [-0.39, 0.29) is 18.4 Å². The van der Waals surface area contributed by atoms with Crippen molar-refractivity contribution in [2.45, 2.75) is 0 Å². The molecule has 0 radical (unpaired) electrons. The van der Waals surface area contributed by atoms with Crippen molar-refractivity contribution in [2.75, 3.05) is 33.9 Å². The molecular formula is C13H17FN2O3. The number of carbonyl (C=O) groups is 2. The number of hydrogen-bond donors (Lipinski definition) is 1. The minimum absolute atomic E-state index is 0.0556. The predicted molar refractivity (Wildman–Crippen MR) is 68.2 cm³/mol. The molecule has 0 atom stereocenters. The van der Waals surface area contributed by atoms with Gasteiger partial charge in [-0.25, -0.2) is 4.39 Å². The van der Waals surface area contributed by atoms with Crippen LogP contribution in [0, 0.1) is 5.82 Å². The fourth-order valence-electron chi connectivity index (χ4n) is 1.45. The summed E-state index contributed by atoms with van der Waals surface area (Å²) in [6.07, 6.45) is 0. The number of amides is 2. The molecule has 1 aromatic carbocycles. The highest BCUT2D eigenvalue weighted by Gasteiger charge is 2.14. The number of ether oxygens (including phenoxy) is 1. The largest absolute Gasteiger partial charge is 0.383 e. The van der Waals surface area contributed by atoms with Gasteiger partial charge in [0.25, 0.3) is 5.91 Å². The monoisotopic (exact) mass is 268 g/mol. The van der Waals surface area contributed by atoms with Gasteiger partial charge in [-0.15, -0.1) is 0 Å². The maximum Gasteiger partial charge on any atom is 0.254 e. The smallest absolute Gasteiger partial charge is 0.254 e. The van der Waals surface area contributed by atoms with E-state index in [0.717, 1.165) is 0 Å². The van der Waals surface area contributed by atoms with Crippen LogP contribution in [-0.2, 0) is 9.53 Å². The molecule has 1 aromatic rings. The fraction of sp³-hybridized carbons (Fsp3) is 0.385. The molecule has 19 heavy (non-hydrogen) atoms.